The zero-order chi connectivity index (χ0) is 27.4. The van der Waals surface area contributed by atoms with Crippen LogP contribution in [-0.4, -0.2) is 33.3 Å². The number of rotatable bonds is 9. The third-order valence-electron chi connectivity index (χ3n) is 6.89. The molecule has 3 aromatic carbocycles. The fourth-order valence-electron chi connectivity index (χ4n) is 5.05. The first-order chi connectivity index (χ1) is 18.9. The van der Waals surface area contributed by atoms with Crippen molar-refractivity contribution in [2.45, 2.75) is 37.4 Å². The number of H-pyrrole nitrogens is 1. The minimum Gasteiger partial charge on any atom is -0.358 e. The van der Waals surface area contributed by atoms with Crippen LogP contribution in [0.2, 0.25) is 0 Å². The molecule has 1 fully saturated rings. The van der Waals surface area contributed by atoms with E-state index in [0.717, 1.165) is 16.7 Å². The molecule has 0 bridgehead atoms. The lowest BCUT2D eigenvalue weighted by Crippen LogP contribution is -2.38. The van der Waals surface area contributed by atoms with E-state index in [-0.39, 0.29) is 13.0 Å². The predicted octanol–water partition coefficient (Wildman–Crippen LogP) is 3.70. The van der Waals surface area contributed by atoms with Crippen molar-refractivity contribution in [2.75, 3.05) is 6.61 Å². The first-order valence-corrected chi connectivity index (χ1v) is 13.8. The summed E-state index contributed by atoms with van der Waals surface area (Å²) in [5.74, 6) is 0. The van der Waals surface area contributed by atoms with E-state index in [1.165, 1.54) is 10.8 Å². The summed E-state index contributed by atoms with van der Waals surface area (Å²) >= 11 is 0. The van der Waals surface area contributed by atoms with Crippen LogP contribution < -0.4 is 16.8 Å². The highest BCUT2D eigenvalue weighted by Crippen LogP contribution is 2.42. The molecule has 2 heterocycles. The van der Waals surface area contributed by atoms with E-state index in [1.54, 1.807) is 6.92 Å². The number of aryl methyl sites for hydroxylation is 1. The van der Waals surface area contributed by atoms with Gasteiger partial charge >= 0.3 is 5.69 Å². The average Bonchev–Trinajstić information content (AvgIpc) is 3.34. The molecule has 0 aliphatic carbocycles. The van der Waals surface area contributed by atoms with E-state index in [4.69, 9.17) is 19.5 Å². The van der Waals surface area contributed by atoms with Crippen LogP contribution in [0.5, 0.6) is 0 Å². The molecule has 0 spiro atoms. The molecule has 1 unspecified atom stereocenters. The molecule has 10 heteroatoms. The van der Waals surface area contributed by atoms with Crippen LogP contribution in [0, 0.1) is 6.92 Å². The second kappa shape index (κ2) is 11.8. The first kappa shape index (κ1) is 27.1. The van der Waals surface area contributed by atoms with Crippen molar-refractivity contribution >= 4 is 8.53 Å². The SMILES string of the molecule is Cc1cn([C@H]2C[C@H](OP(N)O)[C@@H](COC(c3ccccc3)(c3ccccc3)c3ccccc3)O2)c(=O)[nH]c1=O. The van der Waals surface area contributed by atoms with Crippen molar-refractivity contribution in [1.29, 1.82) is 0 Å². The Balaban J connectivity index is 1.54. The summed E-state index contributed by atoms with van der Waals surface area (Å²) in [6.45, 7) is 1.67. The summed E-state index contributed by atoms with van der Waals surface area (Å²) in [5, 5.41) is 0. The van der Waals surface area contributed by atoms with Gasteiger partial charge in [0, 0.05) is 18.2 Å². The van der Waals surface area contributed by atoms with Crippen molar-refractivity contribution in [2.24, 2.45) is 5.50 Å². The van der Waals surface area contributed by atoms with Gasteiger partial charge in [-0.1, -0.05) is 91.0 Å². The lowest BCUT2D eigenvalue weighted by atomic mass is 9.80. The van der Waals surface area contributed by atoms with E-state index in [2.05, 4.69) is 4.98 Å². The largest absolute Gasteiger partial charge is 0.358 e. The van der Waals surface area contributed by atoms with Crippen LogP contribution in [0.1, 0.15) is 34.9 Å². The Bertz CT molecular complexity index is 1400. The summed E-state index contributed by atoms with van der Waals surface area (Å²) in [6.07, 6.45) is -0.398. The Labute approximate surface area is 226 Å². The second-order valence-electron chi connectivity index (χ2n) is 9.38. The van der Waals surface area contributed by atoms with E-state index < -0.39 is 43.8 Å². The molecule has 4 atom stereocenters. The van der Waals surface area contributed by atoms with E-state index in [1.807, 2.05) is 91.0 Å². The maximum Gasteiger partial charge on any atom is 0.330 e. The third kappa shape index (κ3) is 5.65. The number of aromatic amines is 1. The lowest BCUT2D eigenvalue weighted by molar-refractivity contribution is -0.0915. The zero-order valence-corrected chi connectivity index (χ0v) is 22.2. The van der Waals surface area contributed by atoms with Gasteiger partial charge in [-0.05, 0) is 23.6 Å². The number of nitrogens with two attached hydrogens (primary N) is 1. The van der Waals surface area contributed by atoms with Gasteiger partial charge in [0.1, 0.15) is 17.9 Å². The molecular weight excluding hydrogens is 517 g/mol. The fraction of sp³-hybridized carbons (Fsp3) is 0.241. The molecule has 0 radical (unpaired) electrons. The third-order valence-corrected chi connectivity index (χ3v) is 7.37. The quantitative estimate of drug-likeness (QED) is 0.215. The standard InChI is InChI=1S/C29H30N3O6P/c1-20-18-32(28(34)31-27(20)33)26-17-24(38-39(30)35)25(37-26)19-36-29(21-11-5-2-6-12-21,22-13-7-3-8-14-22)23-15-9-4-10-16-23/h2-16,18,24-26,35H,17,19,30H2,1H3,(H,31,33,34)/t24-,25+,26+,39?/m0/s1. The van der Waals surface area contributed by atoms with Gasteiger partial charge in [0.15, 0.2) is 0 Å². The van der Waals surface area contributed by atoms with Crippen molar-refractivity contribution in [3.63, 3.8) is 0 Å². The fourth-order valence-corrected chi connectivity index (χ4v) is 5.55. The highest BCUT2D eigenvalue weighted by molar-refractivity contribution is 7.43. The molecular formula is C29H30N3O6P. The molecule has 1 aromatic heterocycles. The maximum atomic E-state index is 12.6. The molecule has 0 amide bonds. The van der Waals surface area contributed by atoms with Gasteiger partial charge < -0.3 is 18.9 Å². The van der Waals surface area contributed by atoms with Crippen LogP contribution in [0.4, 0.5) is 0 Å². The van der Waals surface area contributed by atoms with Gasteiger partial charge in [-0.3, -0.25) is 19.8 Å². The Kier molecular flexibility index (Phi) is 8.18. The van der Waals surface area contributed by atoms with E-state index in [0.29, 0.717) is 5.56 Å². The normalized spacial score (nSPS) is 20.1. The zero-order valence-electron chi connectivity index (χ0n) is 21.3. The van der Waals surface area contributed by atoms with E-state index >= 15 is 0 Å². The Hall–Kier alpha value is -3.43. The highest BCUT2D eigenvalue weighted by Gasteiger charge is 2.43. The Morgan fingerprint density at radius 2 is 1.49 bits per heavy atom. The van der Waals surface area contributed by atoms with E-state index in [9.17, 15) is 14.5 Å². The molecule has 1 saturated heterocycles. The van der Waals surface area contributed by atoms with Crippen molar-refractivity contribution in [3.05, 3.63) is 140 Å². The van der Waals surface area contributed by atoms with Crippen LogP contribution >= 0.6 is 8.53 Å². The number of hydrogen-bond acceptors (Lipinski definition) is 7. The molecule has 5 rings (SSSR count). The van der Waals surface area contributed by atoms with Crippen LogP contribution in [0.25, 0.3) is 0 Å². The summed E-state index contributed by atoms with van der Waals surface area (Å²) in [4.78, 5) is 36.7. The molecule has 1 aliphatic rings. The number of nitrogens with zero attached hydrogens (tertiary/aromatic N) is 1. The summed E-state index contributed by atoms with van der Waals surface area (Å²) < 4.78 is 20.1. The number of ether oxygens (including phenoxy) is 2. The Morgan fingerprint density at radius 3 is 1.97 bits per heavy atom. The second-order valence-corrected chi connectivity index (χ2v) is 10.2. The van der Waals surface area contributed by atoms with Crippen LogP contribution in [0.15, 0.2) is 107 Å². The Morgan fingerprint density at radius 1 is 0.974 bits per heavy atom. The van der Waals surface area contributed by atoms with Crippen LogP contribution in [0.3, 0.4) is 0 Å². The van der Waals surface area contributed by atoms with Gasteiger partial charge in [0.05, 0.1) is 12.7 Å². The number of aromatic nitrogens is 2. The summed E-state index contributed by atoms with van der Waals surface area (Å²) in [5.41, 5.74) is 6.72. The summed E-state index contributed by atoms with van der Waals surface area (Å²) in [6, 6.07) is 29.7. The number of hydrogen-bond donors (Lipinski definition) is 3. The first-order valence-electron chi connectivity index (χ1n) is 12.6. The number of nitrogens with one attached hydrogen (secondary N) is 1. The molecule has 39 heavy (non-hydrogen) atoms. The molecule has 4 aromatic rings. The molecule has 0 saturated carbocycles. The van der Waals surface area contributed by atoms with Crippen molar-refractivity contribution in [1.82, 2.24) is 9.55 Å². The van der Waals surface area contributed by atoms with Crippen molar-refractivity contribution in [3.8, 4) is 0 Å². The highest BCUT2D eigenvalue weighted by atomic mass is 31.2. The maximum absolute atomic E-state index is 12.6. The van der Waals surface area contributed by atoms with Crippen molar-refractivity contribution < 1.29 is 18.9 Å². The molecule has 9 nitrogen and oxygen atoms in total. The molecule has 4 N–H and O–H groups in total. The smallest absolute Gasteiger partial charge is 0.330 e. The topological polar surface area (TPSA) is 129 Å². The molecule has 202 valence electrons. The van der Waals surface area contributed by atoms with Gasteiger partial charge in [-0.15, -0.1) is 0 Å². The lowest BCUT2D eigenvalue weighted by Gasteiger charge is -2.37. The van der Waals surface area contributed by atoms with Gasteiger partial charge in [-0.25, -0.2) is 4.79 Å². The van der Waals surface area contributed by atoms with Gasteiger partial charge in [0.25, 0.3) is 5.56 Å². The minimum absolute atomic E-state index is 0.0557. The van der Waals surface area contributed by atoms with Crippen LogP contribution in [-0.2, 0) is 19.6 Å². The van der Waals surface area contributed by atoms with Gasteiger partial charge in [-0.2, -0.15) is 0 Å². The monoisotopic (exact) mass is 547 g/mol. The summed E-state index contributed by atoms with van der Waals surface area (Å²) in [7, 11) is -2.20. The number of benzene rings is 3. The minimum atomic E-state index is -2.20. The molecule has 1 aliphatic heterocycles. The van der Waals surface area contributed by atoms with Gasteiger partial charge in [0.2, 0.25) is 8.53 Å². The average molecular weight is 548 g/mol. The predicted molar refractivity (Wildman–Crippen MR) is 148 cm³/mol.